The number of anilines is 2. The Morgan fingerprint density at radius 1 is 1.14 bits per heavy atom. The van der Waals surface area contributed by atoms with E-state index in [4.69, 9.17) is 5.73 Å². The molecule has 0 spiro atoms. The number of rotatable bonds is 4. The number of alkyl halides is 3. The molecular weight excluding hydrogens is 390 g/mol. The normalized spacial score (nSPS) is 11.7. The standard InChI is InChI=1S/C18H13F4N7.3H2/c19-12-6-11(18(20,21)22)3-2-10(12)8-25-14-7-13(26-9-27-14)15-16(23)28-29-5-1-4-24-17(15)29;;;/h1-7,9H,8H2,(H2,23,28)(H,25,26,27);3*1H. The van der Waals surface area contributed by atoms with Gasteiger partial charge in [0.2, 0.25) is 0 Å². The summed E-state index contributed by atoms with van der Waals surface area (Å²) >= 11 is 0. The summed E-state index contributed by atoms with van der Waals surface area (Å²) in [6, 6.07) is 5.66. The summed E-state index contributed by atoms with van der Waals surface area (Å²) in [5.41, 5.74) is 6.46. The van der Waals surface area contributed by atoms with Crippen molar-refractivity contribution in [1.29, 1.82) is 0 Å². The van der Waals surface area contributed by atoms with Crippen molar-refractivity contribution in [3.8, 4) is 11.3 Å². The molecule has 11 heteroatoms. The van der Waals surface area contributed by atoms with Crippen molar-refractivity contribution >= 4 is 17.3 Å². The number of aromatic nitrogens is 5. The molecule has 0 aliphatic rings. The minimum Gasteiger partial charge on any atom is -0.382 e. The fourth-order valence-electron chi connectivity index (χ4n) is 2.79. The molecule has 0 aliphatic heterocycles. The third-order valence-electron chi connectivity index (χ3n) is 4.19. The van der Waals surface area contributed by atoms with E-state index in [1.807, 2.05) is 0 Å². The van der Waals surface area contributed by atoms with Crippen molar-refractivity contribution in [2.45, 2.75) is 12.7 Å². The Kier molecular flexibility index (Phi) is 4.49. The number of benzene rings is 1. The third kappa shape index (κ3) is 3.66. The van der Waals surface area contributed by atoms with Crippen molar-refractivity contribution in [3.05, 3.63) is 66.0 Å². The van der Waals surface area contributed by atoms with Crippen molar-refractivity contribution < 1.29 is 21.8 Å². The average molecular weight is 409 g/mol. The molecule has 0 saturated carbocycles. The second-order valence-electron chi connectivity index (χ2n) is 6.09. The van der Waals surface area contributed by atoms with Crippen LogP contribution in [-0.2, 0) is 12.7 Å². The van der Waals surface area contributed by atoms with E-state index in [1.54, 1.807) is 24.5 Å². The Morgan fingerprint density at radius 3 is 2.72 bits per heavy atom. The SMILES string of the molecule is Nc1nn2cccnc2c1-c1cc(NCc2ccc(C(F)(F)F)cc2F)ncn1.[HH].[HH].[HH]. The maximum atomic E-state index is 14.0. The topological polar surface area (TPSA) is 94.0 Å². The highest BCUT2D eigenvalue weighted by Gasteiger charge is 2.31. The Balaban J connectivity index is 0.00000171. The van der Waals surface area contributed by atoms with Crippen molar-refractivity contribution in [1.82, 2.24) is 24.6 Å². The maximum absolute atomic E-state index is 14.0. The molecule has 0 fully saturated rings. The summed E-state index contributed by atoms with van der Waals surface area (Å²) in [5, 5.41) is 7.03. The van der Waals surface area contributed by atoms with Crippen LogP contribution in [0.2, 0.25) is 0 Å². The van der Waals surface area contributed by atoms with Gasteiger partial charge in [-0.05, 0) is 18.2 Å². The molecule has 0 radical (unpaired) electrons. The summed E-state index contributed by atoms with van der Waals surface area (Å²) in [6.07, 6.45) is -0.0348. The Morgan fingerprint density at radius 2 is 1.97 bits per heavy atom. The van der Waals surface area contributed by atoms with E-state index in [0.717, 1.165) is 12.1 Å². The van der Waals surface area contributed by atoms with Gasteiger partial charge in [-0.15, -0.1) is 5.10 Å². The highest BCUT2D eigenvalue weighted by atomic mass is 19.4. The first-order valence-electron chi connectivity index (χ1n) is 8.33. The molecule has 0 saturated heterocycles. The van der Waals surface area contributed by atoms with Crippen LogP contribution in [0.4, 0.5) is 29.2 Å². The molecule has 7 nitrogen and oxygen atoms in total. The Bertz CT molecular complexity index is 1200. The lowest BCUT2D eigenvalue weighted by atomic mass is 10.1. The van der Waals surface area contributed by atoms with E-state index in [0.29, 0.717) is 28.8 Å². The maximum Gasteiger partial charge on any atom is 0.416 e. The van der Waals surface area contributed by atoms with Crippen molar-refractivity contribution in [2.75, 3.05) is 11.1 Å². The lowest BCUT2D eigenvalue weighted by Gasteiger charge is -2.10. The molecule has 0 amide bonds. The molecule has 0 aliphatic carbocycles. The van der Waals surface area contributed by atoms with Gasteiger partial charge in [0.25, 0.3) is 0 Å². The number of nitrogens with one attached hydrogen (secondary N) is 1. The summed E-state index contributed by atoms with van der Waals surface area (Å²) in [5.74, 6) is -0.399. The highest BCUT2D eigenvalue weighted by Crippen LogP contribution is 2.31. The van der Waals surface area contributed by atoms with Gasteiger partial charge >= 0.3 is 6.18 Å². The average Bonchev–Trinajstić information content (AvgIpc) is 3.02. The molecule has 3 heterocycles. The number of fused-ring (bicyclic) bond motifs is 1. The summed E-state index contributed by atoms with van der Waals surface area (Å²) < 4.78 is 53.5. The van der Waals surface area contributed by atoms with E-state index in [2.05, 4.69) is 25.4 Å². The minimum atomic E-state index is -4.60. The van der Waals surface area contributed by atoms with Gasteiger partial charge < -0.3 is 11.1 Å². The van der Waals surface area contributed by atoms with Gasteiger partial charge in [-0.2, -0.15) is 13.2 Å². The monoisotopic (exact) mass is 409 g/mol. The molecule has 0 atom stereocenters. The Hall–Kier alpha value is -3.76. The fraction of sp³-hybridized carbons (Fsp3) is 0.111. The molecular formula is C18H19F4N7. The van der Waals surface area contributed by atoms with Crippen LogP contribution in [-0.4, -0.2) is 24.6 Å². The molecule has 154 valence electrons. The fourth-order valence-corrected chi connectivity index (χ4v) is 2.79. The molecule has 3 N–H and O–H groups in total. The van der Waals surface area contributed by atoms with Gasteiger partial charge in [0.15, 0.2) is 11.5 Å². The number of nitrogen functional groups attached to an aromatic ring is 1. The number of nitrogens with two attached hydrogens (primary N) is 1. The van der Waals surface area contributed by atoms with Crippen LogP contribution in [0.3, 0.4) is 0 Å². The highest BCUT2D eigenvalue weighted by molar-refractivity contribution is 5.84. The number of halogens is 4. The van der Waals surface area contributed by atoms with Crippen LogP contribution < -0.4 is 11.1 Å². The van der Waals surface area contributed by atoms with Crippen LogP contribution in [0.25, 0.3) is 16.9 Å². The smallest absolute Gasteiger partial charge is 0.382 e. The van der Waals surface area contributed by atoms with E-state index < -0.39 is 17.6 Å². The first kappa shape index (κ1) is 18.6. The summed E-state index contributed by atoms with van der Waals surface area (Å²) in [6.45, 7) is -0.0666. The van der Waals surface area contributed by atoms with Gasteiger partial charge in [0.1, 0.15) is 18.0 Å². The summed E-state index contributed by atoms with van der Waals surface area (Å²) in [4.78, 5) is 12.5. The lowest BCUT2D eigenvalue weighted by molar-refractivity contribution is -0.137. The molecule has 3 aromatic heterocycles. The van der Waals surface area contributed by atoms with Gasteiger partial charge in [-0.1, -0.05) is 6.07 Å². The van der Waals surface area contributed by atoms with Crippen molar-refractivity contribution in [2.24, 2.45) is 0 Å². The molecule has 0 unspecified atom stereocenters. The van der Waals surface area contributed by atoms with E-state index in [-0.39, 0.29) is 22.2 Å². The van der Waals surface area contributed by atoms with E-state index in [1.165, 1.54) is 10.8 Å². The number of nitrogens with zero attached hydrogens (tertiary/aromatic N) is 5. The van der Waals surface area contributed by atoms with Crippen molar-refractivity contribution in [3.63, 3.8) is 0 Å². The van der Waals surface area contributed by atoms with Crippen LogP contribution in [0.15, 0.2) is 49.1 Å². The van der Waals surface area contributed by atoms with Crippen LogP contribution in [0.1, 0.15) is 15.4 Å². The van der Waals surface area contributed by atoms with Crippen LogP contribution >= 0.6 is 0 Å². The van der Waals surface area contributed by atoms with Crippen LogP contribution in [0, 0.1) is 5.82 Å². The number of hydrogen-bond donors (Lipinski definition) is 2. The predicted octanol–water partition coefficient (Wildman–Crippen LogP) is 4.28. The molecule has 4 rings (SSSR count). The minimum absolute atomic E-state index is 0. The summed E-state index contributed by atoms with van der Waals surface area (Å²) in [7, 11) is 0. The quantitative estimate of drug-likeness (QED) is 0.489. The second-order valence-corrected chi connectivity index (χ2v) is 6.09. The lowest BCUT2D eigenvalue weighted by Crippen LogP contribution is -2.08. The third-order valence-corrected chi connectivity index (χ3v) is 4.19. The van der Waals surface area contributed by atoms with E-state index in [9.17, 15) is 17.6 Å². The first-order valence-corrected chi connectivity index (χ1v) is 8.33. The van der Waals surface area contributed by atoms with Crippen LogP contribution in [0.5, 0.6) is 0 Å². The molecule has 29 heavy (non-hydrogen) atoms. The Labute approximate surface area is 165 Å². The largest absolute Gasteiger partial charge is 0.416 e. The first-order chi connectivity index (χ1) is 13.8. The van der Waals surface area contributed by atoms with E-state index >= 15 is 0 Å². The zero-order valence-corrected chi connectivity index (χ0v) is 14.7. The number of hydrogen-bond acceptors (Lipinski definition) is 6. The van der Waals surface area contributed by atoms with Gasteiger partial charge in [-0.25, -0.2) is 23.9 Å². The van der Waals surface area contributed by atoms with Gasteiger partial charge in [0.05, 0.1) is 16.8 Å². The molecule has 4 aromatic rings. The van der Waals surface area contributed by atoms with Gasteiger partial charge in [-0.3, -0.25) is 0 Å². The zero-order chi connectivity index (χ0) is 20.6. The van der Waals surface area contributed by atoms with Gasteiger partial charge in [0, 0.05) is 34.8 Å². The predicted molar refractivity (Wildman–Crippen MR) is 103 cm³/mol. The molecule has 1 aromatic carbocycles. The second kappa shape index (κ2) is 7.00. The zero-order valence-electron chi connectivity index (χ0n) is 14.7. The molecule has 0 bridgehead atoms.